The Morgan fingerprint density at radius 3 is 1.01 bits per heavy atom. The van der Waals surface area contributed by atoms with Gasteiger partial charge in [0.1, 0.15) is 9.90 Å². The summed E-state index contributed by atoms with van der Waals surface area (Å²) in [6.45, 7) is 49.7. The Balaban J connectivity index is 0.000000183. The minimum Gasteiger partial charge on any atom is -0.477 e. The van der Waals surface area contributed by atoms with E-state index in [1.807, 2.05) is 132 Å². The van der Waals surface area contributed by atoms with Crippen molar-refractivity contribution in [1.82, 2.24) is 19.9 Å². The molecule has 2 atom stereocenters. The zero-order chi connectivity index (χ0) is 94.9. The first-order valence-electron chi connectivity index (χ1n) is 51.7. The molecule has 5 nitrogen and oxygen atoms in total. The fourth-order valence-corrected chi connectivity index (χ4v) is 34.6. The Morgan fingerprint density at radius 2 is 0.606 bits per heavy atom. The highest BCUT2D eigenvalue weighted by Gasteiger charge is 2.45. The normalized spacial score (nSPS) is 12.5. The van der Waals surface area contributed by atoms with Gasteiger partial charge in [0.25, 0.3) is 0 Å². The molecule has 0 radical (unpaired) electrons. The van der Waals surface area contributed by atoms with Crippen molar-refractivity contribution in [2.45, 2.75) is 445 Å². The first-order valence-corrected chi connectivity index (χ1v) is 63.3. The van der Waals surface area contributed by atoms with Crippen LogP contribution < -0.4 is 4.74 Å². The van der Waals surface area contributed by atoms with Crippen molar-refractivity contribution in [3.63, 3.8) is 0 Å². The standard InChI is InChI=1S/C27H42S2.C26H42S2.C21H34N2OS2.C21H34N2S3.C10H8S3.C8H8S2/c1-5-7-9-11-13-15-17-27(18-16-14-12-10-8-6-2)23-19-21(3)28-25(23)26-24(27)20-22(4)29-26;1-7-11-13-21(9-3)17-23-15-19(5)27-25(23)26-24(16-20(6)28-26)18-22(10-4)14-12-8-2;2*1-5-6-7-8-9-10-11-12-13-14-15-24-21-20(26-18(4)23-21)19-16(2)22-17(3)25-19;1-5-3-7-9(11-5)10-8(13-7)4-6(2)12-10;1-5-3-7-8(9-5)4-6(2)10-7/h19-20H,5-18H2,1-4H3;15-16,21-22H,7-14,17-18H2,1-6H3;2*5-15H2,1-4H3;3-4H,1-2H3;3-4H,1-2H3. The van der Waals surface area contributed by atoms with E-state index in [9.17, 15) is 0 Å². The van der Waals surface area contributed by atoms with Gasteiger partial charge in [0.15, 0.2) is 0 Å². The fraction of sp³-hybridized carbons (Fsp3) is 0.628. The van der Waals surface area contributed by atoms with Crippen molar-refractivity contribution in [2.75, 3.05) is 12.4 Å². The van der Waals surface area contributed by atoms with E-state index < -0.39 is 0 Å². The number of nitrogens with zero attached hydrogens (tertiary/aromatic N) is 4. The van der Waals surface area contributed by atoms with E-state index in [0.29, 0.717) is 5.41 Å². The highest BCUT2D eigenvalue weighted by molar-refractivity contribution is 7.99. The Kier molecular flexibility index (Phi) is 51.7. The summed E-state index contributed by atoms with van der Waals surface area (Å²) >= 11 is 26.7. The summed E-state index contributed by atoms with van der Waals surface area (Å²) in [6, 6.07) is 19.2. The van der Waals surface area contributed by atoms with Crippen LogP contribution in [0.4, 0.5) is 0 Å². The summed E-state index contributed by atoms with van der Waals surface area (Å²) in [5.41, 5.74) is 9.18. The molecule has 730 valence electrons. The highest BCUT2D eigenvalue weighted by atomic mass is 32.2. The van der Waals surface area contributed by atoms with Gasteiger partial charge in [0.2, 0.25) is 5.88 Å². The summed E-state index contributed by atoms with van der Waals surface area (Å²) in [5, 5.41) is 5.69. The molecule has 19 heteroatoms. The number of hydrogen-bond donors (Lipinski definition) is 0. The van der Waals surface area contributed by atoms with Gasteiger partial charge in [-0.25, -0.2) is 19.9 Å². The van der Waals surface area contributed by atoms with E-state index in [1.54, 1.807) is 75.8 Å². The van der Waals surface area contributed by atoms with E-state index >= 15 is 0 Å². The first-order chi connectivity index (χ1) is 63.9. The van der Waals surface area contributed by atoms with E-state index in [2.05, 4.69) is 209 Å². The molecule has 0 fully saturated rings. The number of rotatable bonds is 53. The molecule has 13 aromatic heterocycles. The van der Waals surface area contributed by atoms with Gasteiger partial charge in [-0.2, -0.15) is 0 Å². The van der Waals surface area contributed by atoms with Crippen LogP contribution in [0.2, 0.25) is 0 Å². The van der Waals surface area contributed by atoms with Crippen molar-refractivity contribution >= 4 is 187 Å². The van der Waals surface area contributed by atoms with Gasteiger partial charge in [-0.1, -0.05) is 299 Å². The molecule has 1 aliphatic carbocycles. The Labute approximate surface area is 858 Å². The lowest BCUT2D eigenvalue weighted by molar-refractivity contribution is 0.295. The SMILES string of the molecule is CCCCC(CC)Cc1cc(C)sc1-c1sc(C)cc1CC(CC)CCCC.CCCCCCCCC1(CCCCCCCC)c2cc(C)sc2-c2sc(C)cc21.CCCCCCCCCCCCOc1nc(C)sc1-c1sc(C)nc1C.CCCCCCCCCCCCSc1nc(C)sc1-c1sc(C)nc1C.Cc1cc2sc(C)cc2s1.Cc1cc2sc3cc(C)sc3c2s1. The molecule has 132 heavy (non-hydrogen) atoms. The van der Waals surface area contributed by atoms with Crippen LogP contribution in [0.15, 0.2) is 53.6 Å². The lowest BCUT2D eigenvalue weighted by Gasteiger charge is -2.31. The fourth-order valence-electron chi connectivity index (χ4n) is 18.6. The average Bonchev–Trinajstić information content (AvgIpc) is 1.55. The molecule has 0 bridgehead atoms. The maximum absolute atomic E-state index is 6.03. The zero-order valence-electron chi connectivity index (χ0n) is 85.7. The molecule has 0 saturated heterocycles. The number of aryl methyl sites for hydroxylation is 14. The molecule has 0 aromatic carbocycles. The summed E-state index contributed by atoms with van der Waals surface area (Å²) in [7, 11) is 0. The maximum atomic E-state index is 6.03. The van der Waals surface area contributed by atoms with Crippen LogP contribution in [0, 0.1) is 109 Å². The van der Waals surface area contributed by atoms with Crippen LogP contribution in [-0.2, 0) is 18.3 Å². The molecule has 0 saturated carbocycles. The van der Waals surface area contributed by atoms with Crippen LogP contribution in [0.5, 0.6) is 5.88 Å². The van der Waals surface area contributed by atoms with Crippen molar-refractivity contribution in [1.29, 1.82) is 0 Å². The summed E-state index contributed by atoms with van der Waals surface area (Å²) in [5.74, 6) is 3.66. The Hall–Kier alpha value is -3.25. The second-order valence-electron chi connectivity index (χ2n) is 37.7. The minimum absolute atomic E-state index is 0.315. The highest BCUT2D eigenvalue weighted by Crippen LogP contribution is 2.60. The van der Waals surface area contributed by atoms with Gasteiger partial charge < -0.3 is 4.74 Å². The number of ether oxygens (including phenoxy) is 1. The lowest BCUT2D eigenvalue weighted by Crippen LogP contribution is -2.25. The van der Waals surface area contributed by atoms with Gasteiger partial charge >= 0.3 is 0 Å². The number of fused-ring (bicyclic) bond motifs is 7. The third kappa shape index (κ3) is 35.8. The lowest BCUT2D eigenvalue weighted by atomic mass is 9.71. The smallest absolute Gasteiger partial charge is 0.233 e. The largest absolute Gasteiger partial charge is 0.477 e. The summed E-state index contributed by atoms with van der Waals surface area (Å²) in [4.78, 5) is 41.6. The van der Waals surface area contributed by atoms with E-state index in [4.69, 9.17) is 9.72 Å². The van der Waals surface area contributed by atoms with Crippen molar-refractivity contribution < 1.29 is 4.74 Å². The van der Waals surface area contributed by atoms with Gasteiger partial charge in [-0.3, -0.25) is 0 Å². The van der Waals surface area contributed by atoms with E-state index in [0.717, 1.165) is 67.0 Å². The third-order valence-electron chi connectivity index (χ3n) is 25.7. The molecule has 14 rings (SSSR count). The number of aromatic nitrogens is 4. The number of unbranched alkanes of at least 4 members (excludes halogenated alkanes) is 30. The molecule has 1 aliphatic rings. The predicted octanol–water partition coefficient (Wildman–Crippen LogP) is 43.9. The van der Waals surface area contributed by atoms with Crippen LogP contribution in [0.3, 0.4) is 0 Å². The molecule has 0 amide bonds. The quantitative estimate of drug-likeness (QED) is 0.0280. The molecule has 13 aromatic rings. The van der Waals surface area contributed by atoms with Crippen molar-refractivity contribution in [3.05, 3.63) is 141 Å². The molecule has 13 heterocycles. The number of thiophene rings is 9. The second-order valence-corrected chi connectivity index (χ2v) is 54.8. The van der Waals surface area contributed by atoms with Crippen LogP contribution in [0.1, 0.15) is 418 Å². The molecular formula is C113H168N4OS14. The topological polar surface area (TPSA) is 60.8 Å². The first kappa shape index (κ1) is 112. The van der Waals surface area contributed by atoms with E-state index in [-0.39, 0.29) is 0 Å². The molecular weight excluding hydrogens is 1880 g/mol. The van der Waals surface area contributed by atoms with Gasteiger partial charge in [-0.05, 0) is 224 Å². The van der Waals surface area contributed by atoms with Gasteiger partial charge in [0, 0.05) is 82.7 Å². The van der Waals surface area contributed by atoms with Gasteiger partial charge in [0.05, 0.1) is 62.1 Å². The number of thiazole rings is 4. The zero-order valence-corrected chi connectivity index (χ0v) is 97.1. The molecule has 0 spiro atoms. The number of hydrogen-bond acceptors (Lipinski definition) is 19. The van der Waals surface area contributed by atoms with Crippen molar-refractivity contribution in [3.8, 4) is 44.9 Å². The summed E-state index contributed by atoms with van der Waals surface area (Å²) in [6.07, 6.45) is 60.2. The average molecular weight is 2050 g/mol. The minimum atomic E-state index is 0.315. The maximum Gasteiger partial charge on any atom is 0.233 e. The second kappa shape index (κ2) is 60.8. The van der Waals surface area contributed by atoms with Crippen LogP contribution in [0.25, 0.3) is 67.2 Å². The van der Waals surface area contributed by atoms with Crippen molar-refractivity contribution in [2.24, 2.45) is 11.8 Å². The monoisotopic (exact) mass is 2040 g/mol. The number of thioether (sulfide) groups is 1. The molecule has 0 N–H and O–H groups in total. The predicted molar refractivity (Wildman–Crippen MR) is 614 cm³/mol. The van der Waals surface area contributed by atoms with Gasteiger partial charge in [-0.15, -0.1) is 159 Å². The summed E-state index contributed by atoms with van der Waals surface area (Å²) < 4.78 is 14.8. The van der Waals surface area contributed by atoms with E-state index in [1.165, 1.54) is 369 Å². The Morgan fingerprint density at radius 1 is 0.280 bits per heavy atom. The van der Waals surface area contributed by atoms with Crippen LogP contribution in [-0.4, -0.2) is 32.3 Å². The molecule has 0 aliphatic heterocycles. The van der Waals surface area contributed by atoms with Crippen LogP contribution >= 0.6 is 159 Å². The molecule has 2 unspecified atom stereocenters. The third-order valence-corrected chi connectivity index (χ3v) is 41.6. The Bertz CT molecular complexity index is 5000.